The van der Waals surface area contributed by atoms with E-state index in [9.17, 15) is 19.2 Å². The standard InChI is InChI=1S/C21H29NO8/c1-6-12(2)20(25)27-11-13(3)28-21(26)17(22)9-16-7-8-18(29-14(4)23)19(10-16)30-15(5)24/h7-8,10,12-13,17H,6,9,11,22H2,1-5H3/t12?,13-,17-/m0/s1. The molecule has 9 nitrogen and oxygen atoms in total. The van der Waals surface area contributed by atoms with E-state index in [-0.39, 0.29) is 36.4 Å². The number of esters is 4. The van der Waals surface area contributed by atoms with Gasteiger partial charge in [-0.05, 0) is 37.5 Å². The monoisotopic (exact) mass is 423 g/mol. The first-order valence-corrected chi connectivity index (χ1v) is 9.65. The van der Waals surface area contributed by atoms with Gasteiger partial charge in [0.1, 0.15) is 18.8 Å². The van der Waals surface area contributed by atoms with Crippen molar-refractivity contribution in [1.29, 1.82) is 0 Å². The van der Waals surface area contributed by atoms with Crippen molar-refractivity contribution in [2.45, 2.75) is 59.6 Å². The van der Waals surface area contributed by atoms with Crippen LogP contribution >= 0.6 is 0 Å². The number of benzene rings is 1. The number of nitrogens with two attached hydrogens (primary N) is 1. The molecule has 0 aliphatic heterocycles. The third kappa shape index (κ3) is 8.60. The fourth-order valence-electron chi connectivity index (χ4n) is 2.32. The van der Waals surface area contributed by atoms with Crippen LogP contribution in [0.25, 0.3) is 0 Å². The Labute approximate surface area is 175 Å². The largest absolute Gasteiger partial charge is 0.462 e. The molecule has 0 saturated heterocycles. The van der Waals surface area contributed by atoms with E-state index in [2.05, 4.69) is 0 Å². The van der Waals surface area contributed by atoms with Crippen molar-refractivity contribution in [3.8, 4) is 11.5 Å². The van der Waals surface area contributed by atoms with Crippen LogP contribution in [0, 0.1) is 5.92 Å². The van der Waals surface area contributed by atoms with Crippen LogP contribution in [-0.4, -0.2) is 42.6 Å². The number of carbonyl (C=O) groups excluding carboxylic acids is 4. The minimum atomic E-state index is -0.998. The maximum absolute atomic E-state index is 12.2. The molecule has 2 N–H and O–H groups in total. The molecule has 0 aliphatic carbocycles. The fraction of sp³-hybridized carbons (Fsp3) is 0.524. The van der Waals surface area contributed by atoms with Crippen molar-refractivity contribution in [3.05, 3.63) is 23.8 Å². The Morgan fingerprint density at radius 2 is 1.57 bits per heavy atom. The summed E-state index contributed by atoms with van der Waals surface area (Å²) in [6.45, 7) is 7.60. The molecule has 166 valence electrons. The highest BCUT2D eigenvalue weighted by Gasteiger charge is 2.21. The molecular weight excluding hydrogens is 394 g/mol. The first kappa shape index (κ1) is 25.1. The number of hydrogen-bond acceptors (Lipinski definition) is 9. The lowest BCUT2D eigenvalue weighted by Crippen LogP contribution is -2.37. The molecule has 0 radical (unpaired) electrons. The average molecular weight is 423 g/mol. The van der Waals surface area contributed by atoms with Crippen LogP contribution in [0.3, 0.4) is 0 Å². The molecular formula is C21H29NO8. The van der Waals surface area contributed by atoms with Gasteiger partial charge in [-0.2, -0.15) is 0 Å². The van der Waals surface area contributed by atoms with Crippen LogP contribution < -0.4 is 15.2 Å². The van der Waals surface area contributed by atoms with Crippen molar-refractivity contribution in [2.24, 2.45) is 11.7 Å². The first-order chi connectivity index (χ1) is 14.0. The summed E-state index contributed by atoms with van der Waals surface area (Å²) in [5.74, 6) is -2.29. The second-order valence-corrected chi connectivity index (χ2v) is 6.97. The molecule has 0 aliphatic rings. The molecule has 0 bridgehead atoms. The molecule has 30 heavy (non-hydrogen) atoms. The zero-order valence-electron chi connectivity index (χ0n) is 17.9. The molecule has 0 fully saturated rings. The van der Waals surface area contributed by atoms with Crippen LogP contribution in [0.15, 0.2) is 18.2 Å². The van der Waals surface area contributed by atoms with Crippen LogP contribution in [0.2, 0.25) is 0 Å². The van der Waals surface area contributed by atoms with Crippen LogP contribution in [-0.2, 0) is 35.1 Å². The topological polar surface area (TPSA) is 131 Å². The van der Waals surface area contributed by atoms with Crippen LogP contribution in [0.1, 0.15) is 46.6 Å². The van der Waals surface area contributed by atoms with E-state index in [1.807, 2.05) is 6.92 Å². The molecule has 1 unspecified atom stereocenters. The van der Waals surface area contributed by atoms with Gasteiger partial charge in [0, 0.05) is 13.8 Å². The molecule has 9 heteroatoms. The molecule has 1 aromatic rings. The Hall–Kier alpha value is -2.94. The van der Waals surface area contributed by atoms with Crippen molar-refractivity contribution < 1.29 is 38.1 Å². The summed E-state index contributed by atoms with van der Waals surface area (Å²) in [4.78, 5) is 46.4. The second-order valence-electron chi connectivity index (χ2n) is 6.97. The van der Waals surface area contributed by atoms with Gasteiger partial charge in [0.05, 0.1) is 5.92 Å². The third-order valence-electron chi connectivity index (χ3n) is 4.07. The van der Waals surface area contributed by atoms with Gasteiger partial charge in [0.25, 0.3) is 0 Å². The van der Waals surface area contributed by atoms with Gasteiger partial charge in [0.15, 0.2) is 11.5 Å². The third-order valence-corrected chi connectivity index (χ3v) is 4.07. The van der Waals surface area contributed by atoms with Crippen molar-refractivity contribution in [2.75, 3.05) is 6.61 Å². The van der Waals surface area contributed by atoms with E-state index >= 15 is 0 Å². The van der Waals surface area contributed by atoms with E-state index < -0.39 is 30.1 Å². The summed E-state index contributed by atoms with van der Waals surface area (Å²) >= 11 is 0. The van der Waals surface area contributed by atoms with Crippen LogP contribution in [0.4, 0.5) is 0 Å². The molecule has 0 saturated carbocycles. The summed E-state index contributed by atoms with van der Waals surface area (Å²) in [5.41, 5.74) is 6.49. The van der Waals surface area contributed by atoms with E-state index in [4.69, 9.17) is 24.7 Å². The van der Waals surface area contributed by atoms with E-state index in [0.29, 0.717) is 12.0 Å². The van der Waals surface area contributed by atoms with Gasteiger partial charge >= 0.3 is 23.9 Å². The highest BCUT2D eigenvalue weighted by Crippen LogP contribution is 2.29. The Morgan fingerprint density at radius 3 is 2.13 bits per heavy atom. The number of carbonyl (C=O) groups is 4. The SMILES string of the molecule is CCC(C)C(=O)OC[C@H](C)OC(=O)[C@@H](N)Cc1ccc(OC(C)=O)c(OC(C)=O)c1. The van der Waals surface area contributed by atoms with Gasteiger partial charge in [-0.3, -0.25) is 19.2 Å². The van der Waals surface area contributed by atoms with Crippen LogP contribution in [0.5, 0.6) is 11.5 Å². The maximum Gasteiger partial charge on any atom is 0.323 e. The number of rotatable bonds is 10. The van der Waals surface area contributed by atoms with Gasteiger partial charge in [-0.15, -0.1) is 0 Å². The Kier molecular flexibility index (Phi) is 9.97. The second kappa shape index (κ2) is 11.9. The predicted octanol–water partition coefficient (Wildman–Crippen LogP) is 1.93. The van der Waals surface area contributed by atoms with Gasteiger partial charge in [-0.25, -0.2) is 0 Å². The van der Waals surface area contributed by atoms with E-state index in [1.54, 1.807) is 19.9 Å². The first-order valence-electron chi connectivity index (χ1n) is 9.65. The highest BCUT2D eigenvalue weighted by molar-refractivity contribution is 5.77. The summed E-state index contributed by atoms with van der Waals surface area (Å²) in [7, 11) is 0. The predicted molar refractivity (Wildman–Crippen MR) is 107 cm³/mol. The molecule has 3 atom stereocenters. The van der Waals surface area contributed by atoms with Gasteiger partial charge < -0.3 is 24.7 Å². The summed E-state index contributed by atoms with van der Waals surface area (Å²) in [6.07, 6.45) is 0.0931. The van der Waals surface area contributed by atoms with Gasteiger partial charge in [0.2, 0.25) is 0 Å². The Morgan fingerprint density at radius 1 is 0.967 bits per heavy atom. The lowest BCUT2D eigenvalue weighted by molar-refractivity contribution is -0.160. The zero-order valence-corrected chi connectivity index (χ0v) is 17.9. The van der Waals surface area contributed by atoms with Crippen molar-refractivity contribution in [1.82, 2.24) is 0 Å². The fourth-order valence-corrected chi connectivity index (χ4v) is 2.32. The molecule has 0 spiro atoms. The Bertz CT molecular complexity index is 776. The molecule has 0 aromatic heterocycles. The molecule has 0 heterocycles. The Balaban J connectivity index is 2.70. The summed E-state index contributed by atoms with van der Waals surface area (Å²) in [6, 6.07) is 3.51. The molecule has 1 aromatic carbocycles. The lowest BCUT2D eigenvalue weighted by atomic mass is 10.1. The van der Waals surface area contributed by atoms with E-state index in [1.165, 1.54) is 26.0 Å². The number of hydrogen-bond donors (Lipinski definition) is 1. The zero-order chi connectivity index (χ0) is 22.8. The average Bonchev–Trinajstić information content (AvgIpc) is 2.66. The molecule has 0 amide bonds. The summed E-state index contributed by atoms with van der Waals surface area (Å²) < 4.78 is 20.4. The smallest absolute Gasteiger partial charge is 0.323 e. The minimum Gasteiger partial charge on any atom is -0.462 e. The van der Waals surface area contributed by atoms with E-state index in [0.717, 1.165) is 0 Å². The highest BCUT2D eigenvalue weighted by atomic mass is 16.6. The summed E-state index contributed by atoms with van der Waals surface area (Å²) in [5, 5.41) is 0. The van der Waals surface area contributed by atoms with Crippen molar-refractivity contribution >= 4 is 23.9 Å². The minimum absolute atomic E-state index is 0.0427. The maximum atomic E-state index is 12.2. The quantitative estimate of drug-likeness (QED) is 0.443. The lowest BCUT2D eigenvalue weighted by Gasteiger charge is -2.18. The number of ether oxygens (including phenoxy) is 4. The normalized spacial score (nSPS) is 13.5. The van der Waals surface area contributed by atoms with Crippen molar-refractivity contribution in [3.63, 3.8) is 0 Å². The van der Waals surface area contributed by atoms with Gasteiger partial charge in [-0.1, -0.05) is 19.9 Å². The molecule has 1 rings (SSSR count).